The molecule has 0 unspecified atom stereocenters. The minimum absolute atomic E-state index is 0. The summed E-state index contributed by atoms with van der Waals surface area (Å²) in [7, 11) is 0. The van der Waals surface area contributed by atoms with Gasteiger partial charge in [0.05, 0.1) is 0 Å². The number of phenolic OH excluding ortho intramolecular Hbond substituents is 2. The quantitative estimate of drug-likeness (QED) is 0.442. The van der Waals surface area contributed by atoms with Crippen molar-refractivity contribution in [2.24, 2.45) is 8.02 Å². The number of rotatable bonds is 4. The van der Waals surface area contributed by atoms with E-state index in [0.29, 0.717) is 11.1 Å². The number of benzene rings is 2. The van der Waals surface area contributed by atoms with E-state index in [0.717, 1.165) is 35.5 Å². The largest absolute Gasteiger partial charge is 1.00 e. The molecule has 2 N–H and O–H groups in total. The first-order chi connectivity index (χ1) is 16.3. The van der Waals surface area contributed by atoms with Crippen molar-refractivity contribution in [3.05, 3.63) is 57.6 Å². The van der Waals surface area contributed by atoms with Crippen LogP contribution in [0.1, 0.15) is 94.2 Å². The van der Waals surface area contributed by atoms with Gasteiger partial charge in [-0.15, -0.1) is 0 Å². The third-order valence-corrected chi connectivity index (χ3v) is 6.30. The second-order valence-corrected chi connectivity index (χ2v) is 12.0. The summed E-state index contributed by atoms with van der Waals surface area (Å²) in [6.07, 6.45) is 7.27. The standard InChI is InChI=1S/2C12H16NO.C5H10O.ClH.Mn/c2*1-8-5-9(7-13)11(14)10(6-8)12(2,3)4;1-2-4-6-5-3-1;;/h2*5-7,14H,1-4H3;1-5H2;1H;/q2*-1;;;+3/p-1. The molecule has 0 aromatic heterocycles. The van der Waals surface area contributed by atoms with Crippen LogP contribution in [-0.2, 0) is 31.0 Å². The molecule has 1 saturated heterocycles. The fourth-order valence-electron chi connectivity index (χ4n) is 3.81. The first-order valence-electron chi connectivity index (χ1n) is 12.3. The van der Waals surface area contributed by atoms with Gasteiger partial charge in [-0.2, -0.15) is 0 Å². The Morgan fingerprint density at radius 2 is 1.11 bits per heavy atom. The topological polar surface area (TPSA) is 74.4 Å². The maximum absolute atomic E-state index is 10.6. The van der Waals surface area contributed by atoms with Crippen LogP contribution in [0.3, 0.4) is 0 Å². The van der Waals surface area contributed by atoms with Crippen LogP contribution < -0.4 is 12.4 Å². The van der Waals surface area contributed by atoms with Crippen molar-refractivity contribution in [2.75, 3.05) is 13.2 Å². The Balaban J connectivity index is 0.000000807. The molecule has 0 atom stereocenters. The SMILES string of the molecule is C1CCOCC1.Cc1cc(C=[N][Mn+][N]=Cc2cc(C)cc(C(C)(C)C)c2O)c(O)c(C(C)(C)C)c1.[Cl-]. The molecule has 7 heteroatoms. The number of hydrogen-bond donors (Lipinski definition) is 2. The Bertz CT molecular complexity index is 961. The van der Waals surface area contributed by atoms with E-state index in [1.165, 1.54) is 19.3 Å². The van der Waals surface area contributed by atoms with Gasteiger partial charge < -0.3 is 17.1 Å². The van der Waals surface area contributed by atoms with Gasteiger partial charge in [-0.05, 0) is 19.3 Å². The van der Waals surface area contributed by atoms with Gasteiger partial charge >= 0.3 is 181 Å². The number of halogens is 1. The molecule has 0 saturated carbocycles. The Morgan fingerprint density at radius 3 is 1.39 bits per heavy atom. The van der Waals surface area contributed by atoms with Crippen LogP contribution in [0.25, 0.3) is 0 Å². The number of aryl methyl sites for hydroxylation is 2. The van der Waals surface area contributed by atoms with Gasteiger partial charge in [-0.3, -0.25) is 0 Å². The average Bonchev–Trinajstić information content (AvgIpc) is 2.77. The van der Waals surface area contributed by atoms with E-state index in [2.05, 4.69) is 49.6 Å². The van der Waals surface area contributed by atoms with Gasteiger partial charge in [0.15, 0.2) is 0 Å². The first-order valence-corrected chi connectivity index (χ1v) is 13.3. The normalized spacial score (nSPS) is 14.4. The zero-order chi connectivity index (χ0) is 26.2. The molecule has 0 bridgehead atoms. The van der Waals surface area contributed by atoms with Crippen LogP contribution in [0, 0.1) is 13.8 Å². The molecule has 200 valence electrons. The van der Waals surface area contributed by atoms with E-state index in [-0.39, 0.29) is 50.1 Å². The second-order valence-electron chi connectivity index (χ2n) is 11.2. The van der Waals surface area contributed by atoms with Crippen LogP contribution >= 0.6 is 0 Å². The van der Waals surface area contributed by atoms with Crippen molar-refractivity contribution < 1.29 is 42.7 Å². The molecule has 1 heterocycles. The van der Waals surface area contributed by atoms with Crippen molar-refractivity contribution in [1.29, 1.82) is 0 Å². The Labute approximate surface area is 230 Å². The molecule has 5 nitrogen and oxygen atoms in total. The summed E-state index contributed by atoms with van der Waals surface area (Å²) in [5.74, 6) is 0.541. The molecule has 2 aromatic carbocycles. The van der Waals surface area contributed by atoms with Crippen LogP contribution in [0.4, 0.5) is 0 Å². The van der Waals surface area contributed by atoms with Crippen LogP contribution in [0.15, 0.2) is 32.3 Å². The van der Waals surface area contributed by atoms with Crippen LogP contribution in [0.5, 0.6) is 11.5 Å². The fourth-order valence-corrected chi connectivity index (χ4v) is 4.36. The predicted octanol–water partition coefficient (Wildman–Crippen LogP) is 3.95. The zero-order valence-corrected chi connectivity index (χ0v) is 24.9. The fraction of sp³-hybridized carbons (Fsp3) is 0.517. The summed E-state index contributed by atoms with van der Waals surface area (Å²) < 4.78 is 13.8. The maximum atomic E-state index is 10.6. The molecular weight excluding hydrogens is 515 g/mol. The van der Waals surface area contributed by atoms with Gasteiger partial charge in [0, 0.05) is 13.2 Å². The van der Waals surface area contributed by atoms with Crippen molar-refractivity contribution in [3.63, 3.8) is 0 Å². The summed E-state index contributed by atoms with van der Waals surface area (Å²) >= 11 is -0.0800. The monoisotopic (exact) mass is 556 g/mol. The molecule has 2 aromatic rings. The summed E-state index contributed by atoms with van der Waals surface area (Å²) in [6, 6.07) is 7.87. The average molecular weight is 557 g/mol. The van der Waals surface area contributed by atoms with Crippen LogP contribution in [-0.4, -0.2) is 35.9 Å². The number of nitrogens with zero attached hydrogens (tertiary/aromatic N) is 2. The van der Waals surface area contributed by atoms with Gasteiger partial charge in [-0.25, -0.2) is 0 Å². The summed E-state index contributed by atoms with van der Waals surface area (Å²) in [5.41, 5.74) is 5.09. The summed E-state index contributed by atoms with van der Waals surface area (Å²) in [6.45, 7) is 18.5. The number of phenols is 2. The number of ether oxygens (including phenoxy) is 1. The third kappa shape index (κ3) is 9.89. The van der Waals surface area contributed by atoms with Crippen molar-refractivity contribution in [1.82, 2.24) is 0 Å². The number of hydrogen-bond acceptors (Lipinski definition) is 5. The first kappa shape index (κ1) is 32.2. The zero-order valence-electron chi connectivity index (χ0n) is 23.0. The van der Waals surface area contributed by atoms with Gasteiger partial charge in [0.25, 0.3) is 0 Å². The summed E-state index contributed by atoms with van der Waals surface area (Å²) in [4.78, 5) is 0. The molecule has 0 amide bonds. The van der Waals surface area contributed by atoms with E-state index in [9.17, 15) is 10.2 Å². The molecule has 36 heavy (non-hydrogen) atoms. The Kier molecular flexibility index (Phi) is 12.7. The molecule has 1 aliphatic rings. The smallest absolute Gasteiger partial charge is 1.00 e. The van der Waals surface area contributed by atoms with Crippen molar-refractivity contribution in [2.45, 2.75) is 85.5 Å². The van der Waals surface area contributed by atoms with Crippen molar-refractivity contribution >= 4 is 12.4 Å². The van der Waals surface area contributed by atoms with E-state index in [1.807, 2.05) is 38.1 Å². The third-order valence-electron chi connectivity index (χ3n) is 5.72. The van der Waals surface area contributed by atoms with E-state index >= 15 is 0 Å². The molecular formula is C29H42ClMnN2O3. The van der Waals surface area contributed by atoms with Gasteiger partial charge in [-0.1, -0.05) is 0 Å². The molecule has 3 rings (SSSR count). The van der Waals surface area contributed by atoms with E-state index in [4.69, 9.17) is 4.74 Å². The Morgan fingerprint density at radius 1 is 0.722 bits per heavy atom. The second kappa shape index (κ2) is 14.2. The summed E-state index contributed by atoms with van der Waals surface area (Å²) in [5, 5.41) is 21.2. The number of aromatic hydroxyl groups is 2. The van der Waals surface area contributed by atoms with Crippen LogP contribution in [0.2, 0.25) is 0 Å². The molecule has 1 fully saturated rings. The van der Waals surface area contributed by atoms with Gasteiger partial charge in [0.1, 0.15) is 0 Å². The van der Waals surface area contributed by atoms with Gasteiger partial charge in [0.2, 0.25) is 0 Å². The maximum Gasteiger partial charge on any atom is -1.00 e. The van der Waals surface area contributed by atoms with E-state index in [1.54, 1.807) is 12.4 Å². The molecule has 0 radical (unpaired) electrons. The molecule has 0 spiro atoms. The Hall–Kier alpha value is -1.85. The minimum atomic E-state index is -0.146. The van der Waals surface area contributed by atoms with Crippen molar-refractivity contribution in [3.8, 4) is 11.5 Å². The van der Waals surface area contributed by atoms with E-state index < -0.39 is 0 Å². The molecule has 1 aliphatic heterocycles. The molecule has 0 aliphatic carbocycles. The minimum Gasteiger partial charge on any atom is -1.00 e. The predicted molar refractivity (Wildman–Crippen MR) is 143 cm³/mol.